The van der Waals surface area contributed by atoms with Crippen LogP contribution in [0.25, 0.3) is 0 Å². The highest BCUT2D eigenvalue weighted by atomic mass is 16.5. The van der Waals surface area contributed by atoms with E-state index in [-0.39, 0.29) is 0 Å². The lowest BCUT2D eigenvalue weighted by Gasteiger charge is -2.19. The summed E-state index contributed by atoms with van der Waals surface area (Å²) in [5, 5.41) is 15.2. The Labute approximate surface area is 164 Å². The molecule has 2 N–H and O–H groups in total. The van der Waals surface area contributed by atoms with E-state index in [2.05, 4.69) is 46.2 Å². The van der Waals surface area contributed by atoms with Crippen LogP contribution in [0.3, 0.4) is 0 Å². The van der Waals surface area contributed by atoms with E-state index >= 15 is 0 Å². The highest BCUT2D eigenvalue weighted by molar-refractivity contribution is 5.80. The summed E-state index contributed by atoms with van der Waals surface area (Å²) in [6.45, 7) is 10.8. The van der Waals surface area contributed by atoms with E-state index in [1.54, 1.807) is 6.33 Å². The van der Waals surface area contributed by atoms with Crippen molar-refractivity contribution >= 4 is 5.96 Å². The Morgan fingerprint density at radius 2 is 2.26 bits per heavy atom. The number of ether oxygens (including phenoxy) is 1. The van der Waals surface area contributed by atoms with Gasteiger partial charge in [0.25, 0.3) is 0 Å². The molecule has 1 fully saturated rings. The molecule has 0 bridgehead atoms. The van der Waals surface area contributed by atoms with E-state index < -0.39 is 0 Å². The summed E-state index contributed by atoms with van der Waals surface area (Å²) in [7, 11) is 0. The number of nitrogens with one attached hydrogen (secondary N) is 2. The van der Waals surface area contributed by atoms with Gasteiger partial charge >= 0.3 is 0 Å². The lowest BCUT2D eigenvalue weighted by atomic mass is 10.1. The second kappa shape index (κ2) is 12.7. The first kappa shape index (κ1) is 21.7. The molecule has 154 valence electrons. The zero-order chi connectivity index (χ0) is 19.3. The number of guanidine groups is 1. The molecular formula is C20H38N6O. The van der Waals surface area contributed by atoms with Gasteiger partial charge in [0.1, 0.15) is 12.2 Å². The molecule has 0 saturated carbocycles. The molecule has 0 amide bonds. The standard InChI is InChI=1S/C20H38N6O/c1-4-6-7-8-9-17(3)24-20(22-14-18-10-13-27-15-18)21-11-12-26-16-23-25-19(26)5-2/h16-18H,4-15H2,1-3H3,(H2,21,22,24). The summed E-state index contributed by atoms with van der Waals surface area (Å²) in [6.07, 6.45) is 10.2. The van der Waals surface area contributed by atoms with Crippen molar-refractivity contribution in [3.63, 3.8) is 0 Å². The van der Waals surface area contributed by atoms with Crippen molar-refractivity contribution in [2.45, 2.75) is 78.3 Å². The van der Waals surface area contributed by atoms with Gasteiger partial charge in [0, 0.05) is 44.6 Å². The van der Waals surface area contributed by atoms with Gasteiger partial charge in [-0.1, -0.05) is 39.5 Å². The molecule has 2 atom stereocenters. The van der Waals surface area contributed by atoms with Crippen LogP contribution in [0.2, 0.25) is 0 Å². The lowest BCUT2D eigenvalue weighted by molar-refractivity contribution is 0.187. The highest BCUT2D eigenvalue weighted by Crippen LogP contribution is 2.12. The van der Waals surface area contributed by atoms with Crippen LogP contribution < -0.4 is 10.6 Å². The predicted molar refractivity (Wildman–Crippen MR) is 110 cm³/mol. The maximum atomic E-state index is 5.47. The molecular weight excluding hydrogens is 340 g/mol. The van der Waals surface area contributed by atoms with E-state index in [1.807, 2.05) is 0 Å². The third-order valence-corrected chi connectivity index (χ3v) is 5.06. The second-order valence-corrected chi connectivity index (χ2v) is 7.53. The van der Waals surface area contributed by atoms with Crippen LogP contribution in [0.1, 0.15) is 65.1 Å². The molecule has 0 radical (unpaired) electrons. The number of nitrogens with zero attached hydrogens (tertiary/aromatic N) is 4. The molecule has 2 rings (SSSR count). The van der Waals surface area contributed by atoms with Gasteiger partial charge in [-0.25, -0.2) is 0 Å². The van der Waals surface area contributed by atoms with Crippen LogP contribution in [-0.4, -0.2) is 53.1 Å². The molecule has 1 aliphatic rings. The fraction of sp³-hybridized carbons (Fsp3) is 0.850. The molecule has 0 aromatic carbocycles. The first-order valence-electron chi connectivity index (χ1n) is 10.7. The van der Waals surface area contributed by atoms with Gasteiger partial charge in [-0.15, -0.1) is 10.2 Å². The minimum absolute atomic E-state index is 0.425. The maximum Gasteiger partial charge on any atom is 0.191 e. The van der Waals surface area contributed by atoms with E-state index in [4.69, 9.17) is 9.73 Å². The largest absolute Gasteiger partial charge is 0.381 e. The molecule has 0 aliphatic carbocycles. The zero-order valence-corrected chi connectivity index (χ0v) is 17.4. The number of hydrogen-bond donors (Lipinski definition) is 2. The lowest BCUT2D eigenvalue weighted by Crippen LogP contribution is -2.43. The van der Waals surface area contributed by atoms with Crippen LogP contribution >= 0.6 is 0 Å². The molecule has 7 heteroatoms. The maximum absolute atomic E-state index is 5.47. The molecule has 1 aromatic rings. The second-order valence-electron chi connectivity index (χ2n) is 7.53. The summed E-state index contributed by atoms with van der Waals surface area (Å²) >= 11 is 0. The van der Waals surface area contributed by atoms with Crippen LogP contribution in [0.5, 0.6) is 0 Å². The summed E-state index contributed by atoms with van der Waals surface area (Å²) in [5.41, 5.74) is 0. The summed E-state index contributed by atoms with van der Waals surface area (Å²) in [5.74, 6) is 2.49. The molecule has 27 heavy (non-hydrogen) atoms. The predicted octanol–water partition coefficient (Wildman–Crippen LogP) is 2.77. The summed E-state index contributed by atoms with van der Waals surface area (Å²) in [6, 6.07) is 0.425. The van der Waals surface area contributed by atoms with Crippen LogP contribution in [0.15, 0.2) is 11.3 Å². The quantitative estimate of drug-likeness (QED) is 0.332. The third-order valence-electron chi connectivity index (χ3n) is 5.06. The van der Waals surface area contributed by atoms with Crippen molar-refractivity contribution < 1.29 is 4.74 Å². The molecule has 1 aromatic heterocycles. The number of aromatic nitrogens is 3. The van der Waals surface area contributed by atoms with Crippen LogP contribution in [-0.2, 0) is 17.7 Å². The number of aryl methyl sites for hydroxylation is 1. The van der Waals surface area contributed by atoms with Gasteiger partial charge in [0.2, 0.25) is 0 Å². The molecule has 1 aliphatic heterocycles. The van der Waals surface area contributed by atoms with Gasteiger partial charge in [-0.3, -0.25) is 4.99 Å². The zero-order valence-electron chi connectivity index (χ0n) is 17.4. The molecule has 1 saturated heterocycles. The first-order valence-corrected chi connectivity index (χ1v) is 10.7. The monoisotopic (exact) mass is 378 g/mol. The first-order chi connectivity index (χ1) is 13.2. The number of aliphatic imine (C=N–C) groups is 1. The van der Waals surface area contributed by atoms with Gasteiger partial charge < -0.3 is 19.9 Å². The van der Waals surface area contributed by atoms with Crippen molar-refractivity contribution in [2.24, 2.45) is 10.9 Å². The van der Waals surface area contributed by atoms with Crippen LogP contribution in [0, 0.1) is 5.92 Å². The average Bonchev–Trinajstić information content (AvgIpc) is 3.34. The molecule has 2 heterocycles. The average molecular weight is 379 g/mol. The molecule has 2 unspecified atom stereocenters. The van der Waals surface area contributed by atoms with Crippen molar-refractivity contribution in [2.75, 3.05) is 26.3 Å². The summed E-state index contributed by atoms with van der Waals surface area (Å²) < 4.78 is 7.58. The normalized spacial score (nSPS) is 18.6. The number of rotatable bonds is 12. The smallest absolute Gasteiger partial charge is 0.191 e. The Bertz CT molecular complexity index is 538. The third kappa shape index (κ3) is 8.28. The van der Waals surface area contributed by atoms with Gasteiger partial charge in [0.05, 0.1) is 6.61 Å². The molecule has 0 spiro atoms. The van der Waals surface area contributed by atoms with Crippen molar-refractivity contribution in [1.29, 1.82) is 0 Å². The number of unbranched alkanes of at least 4 members (excludes halogenated alkanes) is 3. The summed E-state index contributed by atoms with van der Waals surface area (Å²) in [4.78, 5) is 4.83. The van der Waals surface area contributed by atoms with Crippen LogP contribution in [0.4, 0.5) is 0 Å². The highest BCUT2D eigenvalue weighted by Gasteiger charge is 2.15. The van der Waals surface area contributed by atoms with Crippen molar-refractivity contribution in [3.8, 4) is 0 Å². The minimum Gasteiger partial charge on any atom is -0.381 e. The van der Waals surface area contributed by atoms with E-state index in [1.165, 1.54) is 32.1 Å². The Hall–Kier alpha value is -1.63. The van der Waals surface area contributed by atoms with E-state index in [0.717, 1.165) is 57.5 Å². The van der Waals surface area contributed by atoms with Gasteiger partial charge in [-0.05, 0) is 19.8 Å². The van der Waals surface area contributed by atoms with Gasteiger partial charge in [-0.2, -0.15) is 0 Å². The Kier molecular flexibility index (Phi) is 10.2. The fourth-order valence-electron chi connectivity index (χ4n) is 3.32. The Balaban J connectivity index is 1.81. The van der Waals surface area contributed by atoms with Crippen molar-refractivity contribution in [3.05, 3.63) is 12.2 Å². The Morgan fingerprint density at radius 1 is 1.37 bits per heavy atom. The Morgan fingerprint density at radius 3 is 3.00 bits per heavy atom. The molecule has 7 nitrogen and oxygen atoms in total. The van der Waals surface area contributed by atoms with Crippen molar-refractivity contribution in [1.82, 2.24) is 25.4 Å². The number of hydrogen-bond acceptors (Lipinski definition) is 4. The minimum atomic E-state index is 0.425. The van der Waals surface area contributed by atoms with E-state index in [0.29, 0.717) is 12.0 Å². The SMILES string of the molecule is CCCCCCC(C)NC(=NCC1CCOC1)NCCn1cnnc1CC. The van der Waals surface area contributed by atoms with Gasteiger partial charge in [0.15, 0.2) is 5.96 Å². The topological polar surface area (TPSA) is 76.4 Å². The van der Waals surface area contributed by atoms with E-state index in [9.17, 15) is 0 Å². The fourth-order valence-corrected chi connectivity index (χ4v) is 3.32.